The Morgan fingerprint density at radius 2 is 0.957 bits per heavy atom. The van der Waals surface area contributed by atoms with E-state index in [1.807, 2.05) is 6.92 Å². The average Bonchev–Trinajstić information content (AvgIpc) is 2.62. The van der Waals surface area contributed by atoms with Gasteiger partial charge in [0.1, 0.15) is 23.2 Å². The predicted octanol–water partition coefficient (Wildman–Crippen LogP) is 3.80. The Labute approximate surface area is 138 Å². The fourth-order valence-corrected chi connectivity index (χ4v) is 6.85. The molecule has 0 aromatic heterocycles. The number of benzene rings is 3. The highest BCUT2D eigenvalue weighted by atomic mass is 31.2. The molecule has 2 N–H and O–H groups in total. The number of hydrogen-bond acceptors (Lipinski definition) is 1. The van der Waals surface area contributed by atoms with Crippen LogP contribution in [0.2, 0.25) is 0 Å². The van der Waals surface area contributed by atoms with Gasteiger partial charge in [-0.3, -0.25) is 0 Å². The van der Waals surface area contributed by atoms with Gasteiger partial charge in [0.25, 0.3) is 0 Å². The maximum Gasteiger partial charge on any atom is 0.138 e. The third-order valence-corrected chi connectivity index (χ3v) is 8.02. The van der Waals surface area contributed by atoms with Crippen LogP contribution in [-0.2, 0) is 0 Å². The molecule has 3 aromatic rings. The molecule has 3 rings (SSSR count). The van der Waals surface area contributed by atoms with Crippen molar-refractivity contribution >= 4 is 23.2 Å². The summed E-state index contributed by atoms with van der Waals surface area (Å²) in [4.78, 5) is 0. The summed E-state index contributed by atoms with van der Waals surface area (Å²) in [7, 11) is -1.90. The van der Waals surface area contributed by atoms with Crippen LogP contribution in [0.3, 0.4) is 0 Å². The molecule has 0 bridgehead atoms. The molecule has 0 heterocycles. The van der Waals surface area contributed by atoms with Gasteiger partial charge >= 0.3 is 0 Å². The van der Waals surface area contributed by atoms with Crippen LogP contribution >= 0.6 is 7.26 Å². The first-order valence-electron chi connectivity index (χ1n) is 7.74. The standard InChI is InChI=1S/C21H21NP/c1-18(22)17-23(19-11-5-2-6-12-19,20-13-7-3-8-14-20)21-15-9-4-10-16-21/h2-17H,22H2,1H3/q+1/b18-17-. The minimum Gasteiger partial charge on any atom is -0.400 e. The molecule has 0 aliphatic rings. The Hall–Kier alpha value is -2.37. The van der Waals surface area contributed by atoms with E-state index in [-0.39, 0.29) is 0 Å². The lowest BCUT2D eigenvalue weighted by atomic mass is 10.4. The molecule has 0 saturated carbocycles. The van der Waals surface area contributed by atoms with E-state index in [2.05, 4.69) is 96.8 Å². The van der Waals surface area contributed by atoms with E-state index in [9.17, 15) is 0 Å². The molecule has 0 fully saturated rings. The van der Waals surface area contributed by atoms with E-state index in [1.165, 1.54) is 15.9 Å². The second kappa shape index (κ2) is 6.81. The zero-order valence-electron chi connectivity index (χ0n) is 13.3. The monoisotopic (exact) mass is 318 g/mol. The third kappa shape index (κ3) is 3.06. The Morgan fingerprint density at radius 3 is 1.22 bits per heavy atom. The molecule has 3 aromatic carbocycles. The minimum absolute atomic E-state index is 0.856. The molecule has 114 valence electrons. The fraction of sp³-hybridized carbons (Fsp3) is 0.0476. The summed E-state index contributed by atoms with van der Waals surface area (Å²) in [6.07, 6.45) is 0. The highest BCUT2D eigenvalue weighted by Gasteiger charge is 2.43. The molecular weight excluding hydrogens is 297 g/mol. The van der Waals surface area contributed by atoms with Crippen molar-refractivity contribution in [2.24, 2.45) is 5.73 Å². The van der Waals surface area contributed by atoms with Crippen LogP contribution in [0.5, 0.6) is 0 Å². The first-order chi connectivity index (χ1) is 11.2. The van der Waals surface area contributed by atoms with Gasteiger partial charge in [-0.05, 0) is 43.3 Å². The van der Waals surface area contributed by atoms with Crippen molar-refractivity contribution < 1.29 is 0 Å². The maximum absolute atomic E-state index is 6.18. The van der Waals surface area contributed by atoms with Gasteiger partial charge in [-0.2, -0.15) is 0 Å². The van der Waals surface area contributed by atoms with Gasteiger partial charge in [0.05, 0.1) is 5.82 Å². The van der Waals surface area contributed by atoms with E-state index >= 15 is 0 Å². The van der Waals surface area contributed by atoms with Gasteiger partial charge < -0.3 is 5.73 Å². The quantitative estimate of drug-likeness (QED) is 0.728. The van der Waals surface area contributed by atoms with Crippen LogP contribution in [0.25, 0.3) is 0 Å². The van der Waals surface area contributed by atoms with Crippen molar-refractivity contribution in [2.45, 2.75) is 6.92 Å². The minimum atomic E-state index is -1.90. The van der Waals surface area contributed by atoms with Crippen molar-refractivity contribution in [1.29, 1.82) is 0 Å². The highest BCUT2D eigenvalue weighted by molar-refractivity contribution is 7.98. The Morgan fingerprint density at radius 1 is 0.652 bits per heavy atom. The van der Waals surface area contributed by atoms with Crippen LogP contribution in [0.1, 0.15) is 6.92 Å². The van der Waals surface area contributed by atoms with Gasteiger partial charge in [0.2, 0.25) is 0 Å². The number of hydrogen-bond donors (Lipinski definition) is 1. The number of rotatable bonds is 4. The van der Waals surface area contributed by atoms with E-state index in [4.69, 9.17) is 5.73 Å². The number of allylic oxidation sites excluding steroid dienone is 1. The van der Waals surface area contributed by atoms with Crippen molar-refractivity contribution in [3.05, 3.63) is 103 Å². The second-order valence-corrected chi connectivity index (χ2v) is 8.86. The summed E-state index contributed by atoms with van der Waals surface area (Å²) >= 11 is 0. The molecule has 23 heavy (non-hydrogen) atoms. The van der Waals surface area contributed by atoms with Crippen molar-refractivity contribution in [3.8, 4) is 0 Å². The Balaban J connectivity index is 2.38. The second-order valence-electron chi connectivity index (χ2n) is 5.60. The van der Waals surface area contributed by atoms with E-state index in [1.54, 1.807) is 0 Å². The summed E-state index contributed by atoms with van der Waals surface area (Å²) in [5.41, 5.74) is 7.04. The van der Waals surface area contributed by atoms with Crippen LogP contribution in [0.4, 0.5) is 0 Å². The molecule has 0 unspecified atom stereocenters. The summed E-state index contributed by atoms with van der Waals surface area (Å²) in [5, 5.41) is 3.96. The van der Waals surface area contributed by atoms with Gasteiger partial charge in [-0.1, -0.05) is 54.6 Å². The summed E-state index contributed by atoms with van der Waals surface area (Å²) in [5.74, 6) is 2.27. The third-order valence-electron chi connectivity index (χ3n) is 3.89. The molecule has 2 heteroatoms. The molecule has 0 saturated heterocycles. The lowest BCUT2D eigenvalue weighted by Crippen LogP contribution is -2.30. The lowest BCUT2D eigenvalue weighted by molar-refractivity contribution is 1.33. The van der Waals surface area contributed by atoms with Crippen molar-refractivity contribution in [3.63, 3.8) is 0 Å². The molecule has 1 nitrogen and oxygen atoms in total. The molecule has 0 radical (unpaired) electrons. The van der Waals surface area contributed by atoms with E-state index in [0.29, 0.717) is 0 Å². The largest absolute Gasteiger partial charge is 0.400 e. The summed E-state index contributed by atoms with van der Waals surface area (Å²) < 4.78 is 0. The Bertz CT molecular complexity index is 679. The van der Waals surface area contributed by atoms with Gasteiger partial charge in [-0.15, -0.1) is 0 Å². The predicted molar refractivity (Wildman–Crippen MR) is 103 cm³/mol. The zero-order valence-corrected chi connectivity index (χ0v) is 14.2. The van der Waals surface area contributed by atoms with Crippen LogP contribution in [0.15, 0.2) is 103 Å². The lowest BCUT2D eigenvalue weighted by Gasteiger charge is -2.24. The molecule has 0 aliphatic heterocycles. The first-order valence-corrected chi connectivity index (χ1v) is 9.60. The van der Waals surface area contributed by atoms with Crippen molar-refractivity contribution in [1.82, 2.24) is 0 Å². The van der Waals surface area contributed by atoms with Gasteiger partial charge in [-0.25, -0.2) is 0 Å². The summed E-state index contributed by atoms with van der Waals surface area (Å²) in [6.45, 7) is 1.98. The van der Waals surface area contributed by atoms with Gasteiger partial charge in [0.15, 0.2) is 0 Å². The van der Waals surface area contributed by atoms with E-state index in [0.717, 1.165) is 5.70 Å². The molecular formula is C21H21NP+. The van der Waals surface area contributed by atoms with Crippen LogP contribution < -0.4 is 21.6 Å². The van der Waals surface area contributed by atoms with Crippen molar-refractivity contribution in [2.75, 3.05) is 0 Å². The first kappa shape index (κ1) is 15.5. The van der Waals surface area contributed by atoms with Gasteiger partial charge in [0, 0.05) is 5.70 Å². The molecule has 0 amide bonds. The van der Waals surface area contributed by atoms with Crippen LogP contribution in [0, 0.1) is 0 Å². The normalized spacial score (nSPS) is 12.1. The molecule has 0 atom stereocenters. The number of nitrogens with two attached hydrogens (primary N) is 1. The summed E-state index contributed by atoms with van der Waals surface area (Å²) in [6, 6.07) is 32.1. The van der Waals surface area contributed by atoms with E-state index < -0.39 is 7.26 Å². The van der Waals surface area contributed by atoms with Crippen LogP contribution in [-0.4, -0.2) is 0 Å². The fourth-order valence-electron chi connectivity index (χ4n) is 2.97. The average molecular weight is 318 g/mol. The topological polar surface area (TPSA) is 26.0 Å². The Kier molecular flexibility index (Phi) is 4.60. The maximum atomic E-state index is 6.18. The zero-order chi connectivity index (χ0) is 16.1. The smallest absolute Gasteiger partial charge is 0.138 e. The SMILES string of the molecule is C/C(N)=C/[P+](c1ccccc1)(c1ccccc1)c1ccccc1. The molecule has 0 aliphatic carbocycles. The molecule has 0 spiro atoms. The highest BCUT2D eigenvalue weighted by Crippen LogP contribution is 2.57.